The maximum Gasteiger partial charge on any atom is 0.168 e. The molecule has 0 amide bonds. The lowest BCUT2D eigenvalue weighted by Crippen LogP contribution is -1.91. The molecule has 0 spiro atoms. The Hall–Kier alpha value is -1.84. The molecule has 0 aliphatic heterocycles. The van der Waals surface area contributed by atoms with Crippen LogP contribution in [0, 0.1) is 0 Å². The standard InChI is InChI=1S/C10H10N2O2/c1-2-14-9-5-3-4-7-8(6-13)11-12-10(7)9/h3-6H,2H2,1H3,(H,11,12). The van der Waals surface area contributed by atoms with E-state index in [0.29, 0.717) is 23.6 Å². The number of benzene rings is 1. The van der Waals surface area contributed by atoms with Crippen LogP contribution in [-0.4, -0.2) is 23.1 Å². The van der Waals surface area contributed by atoms with Gasteiger partial charge in [0.25, 0.3) is 0 Å². The Kier molecular flexibility index (Phi) is 2.18. The van der Waals surface area contributed by atoms with Crippen molar-refractivity contribution in [2.75, 3.05) is 6.61 Å². The van der Waals surface area contributed by atoms with Gasteiger partial charge in [-0.05, 0) is 13.0 Å². The number of nitrogens with zero attached hydrogens (tertiary/aromatic N) is 1. The predicted molar refractivity (Wildman–Crippen MR) is 52.7 cm³/mol. The molecule has 14 heavy (non-hydrogen) atoms. The van der Waals surface area contributed by atoms with Crippen molar-refractivity contribution in [1.29, 1.82) is 0 Å². The lowest BCUT2D eigenvalue weighted by molar-refractivity contribution is 0.112. The third kappa shape index (κ3) is 1.25. The predicted octanol–water partition coefficient (Wildman–Crippen LogP) is 1.77. The molecule has 0 radical (unpaired) electrons. The van der Waals surface area contributed by atoms with E-state index in [-0.39, 0.29) is 0 Å². The third-order valence-corrected chi connectivity index (χ3v) is 2.00. The first kappa shape index (κ1) is 8.74. The van der Waals surface area contributed by atoms with E-state index < -0.39 is 0 Å². The summed E-state index contributed by atoms with van der Waals surface area (Å²) >= 11 is 0. The summed E-state index contributed by atoms with van der Waals surface area (Å²) in [5.41, 5.74) is 1.19. The number of hydrogen-bond donors (Lipinski definition) is 1. The van der Waals surface area contributed by atoms with Gasteiger partial charge in [0.2, 0.25) is 0 Å². The van der Waals surface area contributed by atoms with Gasteiger partial charge in [0.15, 0.2) is 6.29 Å². The molecule has 72 valence electrons. The summed E-state index contributed by atoms with van der Waals surface area (Å²) in [6, 6.07) is 5.52. The SMILES string of the molecule is CCOc1cccc2c(C=O)[nH]nc12. The summed E-state index contributed by atoms with van der Waals surface area (Å²) in [5, 5.41) is 7.49. The zero-order valence-corrected chi connectivity index (χ0v) is 7.78. The van der Waals surface area contributed by atoms with E-state index >= 15 is 0 Å². The minimum atomic E-state index is 0.488. The van der Waals surface area contributed by atoms with Crippen LogP contribution in [0.15, 0.2) is 18.2 Å². The number of carbonyl (C=O) groups excluding carboxylic acids is 1. The van der Waals surface area contributed by atoms with Gasteiger partial charge >= 0.3 is 0 Å². The second kappa shape index (κ2) is 3.49. The van der Waals surface area contributed by atoms with Crippen LogP contribution in [-0.2, 0) is 0 Å². The highest BCUT2D eigenvalue weighted by Gasteiger charge is 2.08. The number of carbonyl (C=O) groups is 1. The summed E-state index contributed by atoms with van der Waals surface area (Å²) in [5.74, 6) is 0.703. The van der Waals surface area contributed by atoms with E-state index in [1.807, 2.05) is 25.1 Å². The molecule has 0 fully saturated rings. The van der Waals surface area contributed by atoms with E-state index in [1.54, 1.807) is 0 Å². The number of hydrogen-bond acceptors (Lipinski definition) is 3. The summed E-state index contributed by atoms with van der Waals surface area (Å²) in [6.07, 6.45) is 0.755. The molecule has 4 heteroatoms. The number of fused-ring (bicyclic) bond motifs is 1. The first-order valence-corrected chi connectivity index (χ1v) is 4.42. The minimum absolute atomic E-state index is 0.488. The van der Waals surface area contributed by atoms with Gasteiger partial charge in [-0.3, -0.25) is 9.89 Å². The number of ether oxygens (including phenoxy) is 1. The molecule has 1 aromatic heterocycles. The van der Waals surface area contributed by atoms with Gasteiger partial charge in [0.1, 0.15) is 17.0 Å². The Morgan fingerprint density at radius 3 is 3.14 bits per heavy atom. The van der Waals surface area contributed by atoms with Gasteiger partial charge in [-0.15, -0.1) is 0 Å². The molecule has 2 aromatic rings. The molecule has 2 rings (SSSR count). The molecule has 0 aliphatic rings. The van der Waals surface area contributed by atoms with Gasteiger partial charge in [0, 0.05) is 5.39 Å². The van der Waals surface area contributed by atoms with Crippen molar-refractivity contribution >= 4 is 17.2 Å². The van der Waals surface area contributed by atoms with E-state index in [4.69, 9.17) is 4.74 Å². The van der Waals surface area contributed by atoms with Crippen LogP contribution in [0.4, 0.5) is 0 Å². The number of rotatable bonds is 3. The first-order valence-electron chi connectivity index (χ1n) is 4.42. The number of aldehydes is 1. The molecule has 0 saturated carbocycles. The topological polar surface area (TPSA) is 55.0 Å². The van der Waals surface area contributed by atoms with Gasteiger partial charge < -0.3 is 4.74 Å². The van der Waals surface area contributed by atoms with Crippen molar-refractivity contribution in [3.8, 4) is 5.75 Å². The summed E-state index contributed by atoms with van der Waals surface area (Å²) < 4.78 is 5.38. The highest BCUT2D eigenvalue weighted by molar-refractivity contribution is 5.97. The van der Waals surface area contributed by atoms with Crippen LogP contribution in [0.2, 0.25) is 0 Å². The van der Waals surface area contributed by atoms with Crippen LogP contribution in [0.3, 0.4) is 0 Å². The Balaban J connectivity index is 2.63. The van der Waals surface area contributed by atoms with E-state index in [0.717, 1.165) is 11.7 Å². The molecule has 0 unspecified atom stereocenters. The van der Waals surface area contributed by atoms with Crippen molar-refractivity contribution in [1.82, 2.24) is 10.2 Å². The monoisotopic (exact) mass is 190 g/mol. The van der Waals surface area contributed by atoms with Gasteiger partial charge in [-0.25, -0.2) is 0 Å². The van der Waals surface area contributed by atoms with Crippen molar-refractivity contribution in [2.24, 2.45) is 0 Å². The summed E-state index contributed by atoms with van der Waals surface area (Å²) in [7, 11) is 0. The highest BCUT2D eigenvalue weighted by Crippen LogP contribution is 2.24. The number of aromatic nitrogens is 2. The van der Waals surface area contributed by atoms with Crippen molar-refractivity contribution < 1.29 is 9.53 Å². The average molecular weight is 190 g/mol. The Labute approximate surface area is 80.9 Å². The molecule has 1 aromatic carbocycles. The maximum absolute atomic E-state index is 10.6. The van der Waals surface area contributed by atoms with Gasteiger partial charge in [-0.1, -0.05) is 12.1 Å². The first-order chi connectivity index (χ1) is 6.86. The van der Waals surface area contributed by atoms with Crippen LogP contribution in [0.5, 0.6) is 5.75 Å². The largest absolute Gasteiger partial charge is 0.492 e. The third-order valence-electron chi connectivity index (χ3n) is 2.00. The zero-order chi connectivity index (χ0) is 9.97. The molecule has 4 nitrogen and oxygen atoms in total. The number of nitrogens with one attached hydrogen (secondary N) is 1. The lowest BCUT2D eigenvalue weighted by Gasteiger charge is -2.01. The second-order valence-corrected chi connectivity index (χ2v) is 2.84. The van der Waals surface area contributed by atoms with Crippen LogP contribution < -0.4 is 4.74 Å². The molecular formula is C10H10N2O2. The molecule has 0 aliphatic carbocycles. The van der Waals surface area contributed by atoms with Gasteiger partial charge in [0.05, 0.1) is 6.61 Å². The normalized spacial score (nSPS) is 10.4. The Morgan fingerprint density at radius 1 is 1.57 bits per heavy atom. The lowest BCUT2D eigenvalue weighted by atomic mass is 10.2. The Bertz CT molecular complexity index is 462. The molecule has 0 bridgehead atoms. The quantitative estimate of drug-likeness (QED) is 0.750. The van der Waals surface area contributed by atoms with Crippen LogP contribution in [0.25, 0.3) is 10.9 Å². The number of para-hydroxylation sites is 1. The zero-order valence-electron chi connectivity index (χ0n) is 7.78. The minimum Gasteiger partial charge on any atom is -0.492 e. The molecular weight excluding hydrogens is 180 g/mol. The smallest absolute Gasteiger partial charge is 0.168 e. The van der Waals surface area contributed by atoms with Crippen LogP contribution in [0.1, 0.15) is 17.4 Å². The van der Waals surface area contributed by atoms with Gasteiger partial charge in [-0.2, -0.15) is 5.10 Å². The van der Waals surface area contributed by atoms with Crippen LogP contribution >= 0.6 is 0 Å². The highest BCUT2D eigenvalue weighted by atomic mass is 16.5. The van der Waals surface area contributed by atoms with E-state index in [9.17, 15) is 4.79 Å². The van der Waals surface area contributed by atoms with E-state index in [2.05, 4.69) is 10.2 Å². The fourth-order valence-corrected chi connectivity index (χ4v) is 1.39. The molecule has 0 atom stereocenters. The molecule has 1 N–H and O–H groups in total. The van der Waals surface area contributed by atoms with Crippen molar-refractivity contribution in [2.45, 2.75) is 6.92 Å². The van der Waals surface area contributed by atoms with Crippen molar-refractivity contribution in [3.05, 3.63) is 23.9 Å². The van der Waals surface area contributed by atoms with Crippen molar-refractivity contribution in [3.63, 3.8) is 0 Å². The molecule has 1 heterocycles. The fraction of sp³-hybridized carbons (Fsp3) is 0.200. The summed E-state index contributed by atoms with van der Waals surface area (Å²) in [6.45, 7) is 2.49. The molecule has 0 saturated heterocycles. The maximum atomic E-state index is 10.6. The average Bonchev–Trinajstić information content (AvgIpc) is 2.62. The Morgan fingerprint density at radius 2 is 2.43 bits per heavy atom. The fourth-order valence-electron chi connectivity index (χ4n) is 1.39. The summed E-state index contributed by atoms with van der Waals surface area (Å²) in [4.78, 5) is 10.6. The second-order valence-electron chi connectivity index (χ2n) is 2.84. The number of H-pyrrole nitrogens is 1. The van der Waals surface area contributed by atoms with E-state index in [1.165, 1.54) is 0 Å². The number of aromatic amines is 1.